The highest BCUT2D eigenvalue weighted by atomic mass is 16.3. The largest absolute Gasteiger partial charge is 0.535 e. The minimum Gasteiger partial charge on any atom is -0.535 e. The smallest absolute Gasteiger partial charge is 0.371 e. The van der Waals surface area contributed by atoms with Crippen molar-refractivity contribution in [2.24, 2.45) is 0 Å². The SMILES string of the molecule is N#Cc1cc(-c2ccc3c4ccccc4c4ccccc4c3c2)cc(-c2ccc(-c3ccc(-c4ncc[oH+]4)cc3)c3ccccc23)c1. The Labute approximate surface area is 271 Å². The fourth-order valence-corrected chi connectivity index (χ4v) is 7.09. The van der Waals surface area contributed by atoms with E-state index in [2.05, 4.69) is 149 Å². The second-order valence-corrected chi connectivity index (χ2v) is 11.9. The van der Waals surface area contributed by atoms with Crippen molar-refractivity contribution in [1.82, 2.24) is 4.98 Å². The van der Waals surface area contributed by atoms with Crippen molar-refractivity contribution in [2.75, 3.05) is 0 Å². The number of nitrogens with zero attached hydrogens (tertiary/aromatic N) is 2. The van der Waals surface area contributed by atoms with Gasteiger partial charge in [-0.3, -0.25) is 0 Å². The minimum absolute atomic E-state index is 0.638. The maximum Gasteiger partial charge on any atom is 0.371 e. The van der Waals surface area contributed by atoms with Crippen molar-refractivity contribution < 1.29 is 4.42 Å². The molecular formula is C44H27N2O+. The fraction of sp³-hybridized carbons (Fsp3) is 0. The Bertz CT molecular complexity index is 2640. The number of hydrogen-bond donors (Lipinski definition) is 0. The van der Waals surface area contributed by atoms with Gasteiger partial charge in [-0.05, 0) is 113 Å². The molecule has 0 spiro atoms. The van der Waals surface area contributed by atoms with Gasteiger partial charge in [0.05, 0.1) is 17.2 Å². The van der Waals surface area contributed by atoms with Crippen LogP contribution in [-0.4, -0.2) is 4.98 Å². The van der Waals surface area contributed by atoms with Gasteiger partial charge in [0.1, 0.15) is 6.20 Å². The number of benzene rings is 8. The van der Waals surface area contributed by atoms with Gasteiger partial charge in [0.25, 0.3) is 0 Å². The van der Waals surface area contributed by atoms with Crippen LogP contribution < -0.4 is 0 Å². The molecule has 47 heavy (non-hydrogen) atoms. The van der Waals surface area contributed by atoms with Crippen LogP contribution in [-0.2, 0) is 0 Å². The highest BCUT2D eigenvalue weighted by Gasteiger charge is 2.15. The van der Waals surface area contributed by atoms with Crippen molar-refractivity contribution in [1.29, 1.82) is 5.26 Å². The third-order valence-corrected chi connectivity index (χ3v) is 9.29. The Morgan fingerprint density at radius 1 is 0.426 bits per heavy atom. The lowest BCUT2D eigenvalue weighted by Gasteiger charge is -2.15. The standard InChI is InChI=1S/C44H26N2O/c45-27-28-23-32(31-17-18-42-40-11-4-3-9-38(40)39-10-5-6-12-41(39)43(42)26-31)25-33(24-28)35-20-19-34(36-7-1-2-8-37(35)36)29-13-15-30(16-14-29)44-46-21-22-47-44/h1-26H/p+1. The highest BCUT2D eigenvalue weighted by molar-refractivity contribution is 6.25. The molecule has 0 bridgehead atoms. The van der Waals surface area contributed by atoms with Crippen LogP contribution in [0.15, 0.2) is 162 Å². The molecule has 0 saturated carbocycles. The van der Waals surface area contributed by atoms with E-state index in [0.29, 0.717) is 5.56 Å². The van der Waals surface area contributed by atoms with E-state index in [4.69, 9.17) is 0 Å². The molecule has 3 nitrogen and oxygen atoms in total. The molecule has 9 rings (SSSR count). The molecule has 218 valence electrons. The van der Waals surface area contributed by atoms with Gasteiger partial charge in [0.2, 0.25) is 6.26 Å². The topological polar surface area (TPSA) is 49.5 Å². The molecule has 0 aliphatic carbocycles. The summed E-state index contributed by atoms with van der Waals surface area (Å²) >= 11 is 0. The Kier molecular flexibility index (Phi) is 6.19. The lowest BCUT2D eigenvalue weighted by molar-refractivity contribution is 0.574. The third-order valence-electron chi connectivity index (χ3n) is 9.29. The van der Waals surface area contributed by atoms with Crippen LogP contribution in [0.1, 0.15) is 5.56 Å². The van der Waals surface area contributed by atoms with Gasteiger partial charge in [-0.1, -0.05) is 109 Å². The van der Waals surface area contributed by atoms with Crippen LogP contribution in [0.5, 0.6) is 0 Å². The average molecular weight is 600 g/mol. The monoisotopic (exact) mass is 599 g/mol. The lowest BCUT2D eigenvalue weighted by atomic mass is 9.89. The van der Waals surface area contributed by atoms with Crippen LogP contribution in [0, 0.1) is 11.3 Å². The van der Waals surface area contributed by atoms with Gasteiger partial charge in [-0.2, -0.15) is 10.2 Å². The molecule has 0 radical (unpaired) electrons. The van der Waals surface area contributed by atoms with E-state index in [0.717, 1.165) is 55.6 Å². The molecule has 0 aliphatic heterocycles. The summed E-state index contributed by atoms with van der Waals surface area (Å²) in [5.41, 5.74) is 8.16. The molecule has 0 fully saturated rings. The molecule has 8 aromatic carbocycles. The van der Waals surface area contributed by atoms with Gasteiger partial charge < -0.3 is 4.42 Å². The number of fused-ring (bicyclic) bond motifs is 7. The molecule has 0 unspecified atom stereocenters. The molecular weight excluding hydrogens is 572 g/mol. The second kappa shape index (κ2) is 10.8. The minimum atomic E-state index is 0.638. The highest BCUT2D eigenvalue weighted by Crippen LogP contribution is 2.40. The van der Waals surface area contributed by atoms with Crippen molar-refractivity contribution in [3.8, 4) is 50.9 Å². The average Bonchev–Trinajstić information content (AvgIpc) is 3.70. The van der Waals surface area contributed by atoms with Crippen molar-refractivity contribution >= 4 is 43.1 Å². The Morgan fingerprint density at radius 3 is 1.53 bits per heavy atom. The van der Waals surface area contributed by atoms with Crippen molar-refractivity contribution in [3.63, 3.8) is 0 Å². The van der Waals surface area contributed by atoms with Gasteiger partial charge in [-0.15, -0.1) is 0 Å². The fourth-order valence-electron chi connectivity index (χ4n) is 7.09. The summed E-state index contributed by atoms with van der Waals surface area (Å²) in [6.07, 6.45) is 3.43. The first-order chi connectivity index (χ1) is 23.2. The molecule has 0 aliphatic rings. The van der Waals surface area contributed by atoms with E-state index in [1.807, 2.05) is 12.1 Å². The van der Waals surface area contributed by atoms with E-state index in [1.54, 1.807) is 12.5 Å². The quantitative estimate of drug-likeness (QED) is 0.149. The van der Waals surface area contributed by atoms with E-state index < -0.39 is 0 Å². The predicted octanol–water partition coefficient (Wildman–Crippen LogP) is 11.9. The van der Waals surface area contributed by atoms with Gasteiger partial charge in [0.15, 0.2) is 0 Å². The lowest BCUT2D eigenvalue weighted by Crippen LogP contribution is -1.90. The zero-order valence-electron chi connectivity index (χ0n) is 25.4. The molecule has 0 atom stereocenters. The van der Waals surface area contributed by atoms with Gasteiger partial charge >= 0.3 is 5.89 Å². The van der Waals surface area contributed by atoms with Crippen LogP contribution in [0.25, 0.3) is 87.9 Å². The number of hydrogen-bond acceptors (Lipinski definition) is 2. The normalized spacial score (nSPS) is 11.4. The Hall–Kier alpha value is -6.50. The summed E-state index contributed by atoms with van der Waals surface area (Å²) in [5.74, 6) is 0.734. The van der Waals surface area contributed by atoms with Crippen LogP contribution >= 0.6 is 0 Å². The van der Waals surface area contributed by atoms with E-state index in [9.17, 15) is 5.26 Å². The summed E-state index contributed by atoms with van der Waals surface area (Å²) in [6.45, 7) is 0. The maximum atomic E-state index is 10.1. The zero-order valence-corrected chi connectivity index (χ0v) is 25.4. The number of rotatable bonds is 4. The second-order valence-electron chi connectivity index (χ2n) is 11.9. The van der Waals surface area contributed by atoms with Gasteiger partial charge in [-0.25, -0.2) is 0 Å². The van der Waals surface area contributed by atoms with Crippen LogP contribution in [0.4, 0.5) is 0 Å². The zero-order chi connectivity index (χ0) is 31.3. The van der Waals surface area contributed by atoms with Crippen molar-refractivity contribution in [3.05, 3.63) is 164 Å². The first-order valence-corrected chi connectivity index (χ1v) is 15.7. The molecule has 1 N–H and O–H groups in total. The summed E-state index contributed by atoms with van der Waals surface area (Å²) in [5, 5.41) is 19.9. The van der Waals surface area contributed by atoms with E-state index >= 15 is 0 Å². The number of nitriles is 1. The number of oxazole rings is 1. The van der Waals surface area contributed by atoms with Crippen LogP contribution in [0.2, 0.25) is 0 Å². The summed E-state index contributed by atoms with van der Waals surface area (Å²) in [7, 11) is 0. The molecule has 0 amide bonds. The van der Waals surface area contributed by atoms with Crippen molar-refractivity contribution in [2.45, 2.75) is 0 Å². The Morgan fingerprint density at radius 2 is 0.936 bits per heavy atom. The van der Waals surface area contributed by atoms with E-state index in [-0.39, 0.29) is 0 Å². The molecule has 9 aromatic rings. The summed E-state index contributed by atoms with van der Waals surface area (Å²) in [4.78, 5) is 4.33. The maximum absolute atomic E-state index is 10.1. The van der Waals surface area contributed by atoms with Gasteiger partial charge in [0, 0.05) is 0 Å². The molecule has 1 aromatic heterocycles. The molecule has 3 heteroatoms. The molecule has 1 heterocycles. The molecule has 0 saturated heterocycles. The first kappa shape index (κ1) is 26.9. The summed E-state index contributed by atoms with van der Waals surface area (Å²) < 4.78 is 4.33. The summed E-state index contributed by atoms with van der Waals surface area (Å²) in [6, 6.07) is 53.9. The third kappa shape index (κ3) is 4.47. The number of aromatic nitrogens is 1. The first-order valence-electron chi connectivity index (χ1n) is 15.7. The predicted molar refractivity (Wildman–Crippen MR) is 194 cm³/mol. The Balaban J connectivity index is 1.19. The van der Waals surface area contributed by atoms with E-state index in [1.165, 1.54) is 32.3 Å². The van der Waals surface area contributed by atoms with Crippen LogP contribution in [0.3, 0.4) is 0 Å².